The number of nitrogens with two attached hydrogens (primary N) is 2. The average Bonchev–Trinajstić information content (AvgIpc) is 3.54. The number of aliphatic hydroxyl groups is 2. The van der Waals surface area contributed by atoms with E-state index >= 15 is 0 Å². The molecule has 7 atom stereocenters. The van der Waals surface area contributed by atoms with E-state index in [4.69, 9.17) is 41.8 Å². The lowest BCUT2D eigenvalue weighted by atomic mass is 10.2. The van der Waals surface area contributed by atoms with Crippen LogP contribution in [0.1, 0.15) is 25.3 Å². The number of imidazole rings is 1. The number of hydrogen-bond donors (Lipinski definition) is 6. The number of fused-ring (bicyclic) bond motifs is 1. The molecule has 2 aliphatic rings. The van der Waals surface area contributed by atoms with Crippen LogP contribution in [0.25, 0.3) is 11.2 Å². The highest BCUT2D eigenvalue weighted by atomic mass is 32.5. The SMILES string of the molecule is Nc1ccn([C@H]2CC(OP(O)(=S)OC[C@H]3O[C@@H](n4cnc5c(=O)[nH]c(N)nc54)CC3O)[C@@H](CO)O2)c(=O)n1. The van der Waals surface area contributed by atoms with Crippen molar-refractivity contribution in [3.63, 3.8) is 0 Å². The average molecular weight is 572 g/mol. The number of aromatic amines is 1. The van der Waals surface area contributed by atoms with E-state index in [1.807, 2.05) is 0 Å². The summed E-state index contributed by atoms with van der Waals surface area (Å²) in [5.41, 5.74) is 10.2. The van der Waals surface area contributed by atoms with Gasteiger partial charge in [-0.25, -0.2) is 9.78 Å². The van der Waals surface area contributed by atoms with Crippen LogP contribution in [0.3, 0.4) is 0 Å². The van der Waals surface area contributed by atoms with Crippen LogP contribution in [0, 0.1) is 0 Å². The number of aliphatic hydroxyl groups excluding tert-OH is 2. The quantitative estimate of drug-likeness (QED) is 0.161. The third kappa shape index (κ3) is 5.35. The number of nitrogens with one attached hydrogen (secondary N) is 1. The molecule has 2 saturated heterocycles. The summed E-state index contributed by atoms with van der Waals surface area (Å²) in [4.78, 5) is 48.9. The molecule has 3 unspecified atom stereocenters. The molecule has 0 saturated carbocycles. The molecule has 2 aliphatic heterocycles. The lowest BCUT2D eigenvalue weighted by Gasteiger charge is -2.24. The first-order chi connectivity index (χ1) is 18.0. The van der Waals surface area contributed by atoms with E-state index in [1.165, 1.54) is 27.7 Å². The number of ether oxygens (including phenoxy) is 2. The number of nitrogens with zero attached hydrogens (tertiary/aromatic N) is 5. The van der Waals surface area contributed by atoms with Crippen molar-refractivity contribution in [3.8, 4) is 0 Å². The third-order valence-corrected chi connectivity index (χ3v) is 7.74. The number of nitrogen functional groups attached to an aromatic ring is 2. The van der Waals surface area contributed by atoms with Crippen molar-refractivity contribution in [2.75, 3.05) is 24.7 Å². The van der Waals surface area contributed by atoms with Crippen LogP contribution in [-0.2, 0) is 30.3 Å². The Balaban J connectivity index is 1.22. The van der Waals surface area contributed by atoms with Gasteiger partial charge < -0.3 is 45.1 Å². The molecule has 0 bridgehead atoms. The minimum atomic E-state index is -3.91. The van der Waals surface area contributed by atoms with Gasteiger partial charge in [0.2, 0.25) is 5.95 Å². The Kier molecular flexibility index (Phi) is 7.33. The fourth-order valence-corrected chi connectivity index (χ4v) is 5.82. The number of hydrogen-bond acceptors (Lipinski definition) is 14. The molecule has 17 nitrogen and oxygen atoms in total. The Hall–Kier alpha value is -2.80. The van der Waals surface area contributed by atoms with Crippen molar-refractivity contribution in [1.29, 1.82) is 0 Å². The van der Waals surface area contributed by atoms with Crippen molar-refractivity contribution in [2.24, 2.45) is 0 Å². The predicted molar refractivity (Wildman–Crippen MR) is 133 cm³/mol. The van der Waals surface area contributed by atoms with Crippen molar-refractivity contribution < 1.29 is 33.6 Å². The van der Waals surface area contributed by atoms with Crippen LogP contribution in [0.2, 0.25) is 0 Å². The summed E-state index contributed by atoms with van der Waals surface area (Å²) in [5.74, 6) is -0.0542. The molecule has 19 heteroatoms. The predicted octanol–water partition coefficient (Wildman–Crippen LogP) is -1.91. The van der Waals surface area contributed by atoms with Gasteiger partial charge in [0.1, 0.15) is 30.5 Å². The molecule has 0 spiro atoms. The summed E-state index contributed by atoms with van der Waals surface area (Å²) >= 11 is 5.13. The van der Waals surface area contributed by atoms with Gasteiger partial charge in [0.15, 0.2) is 11.2 Å². The molecule has 3 aromatic heterocycles. The molecule has 5 rings (SSSR count). The van der Waals surface area contributed by atoms with Gasteiger partial charge in [0.25, 0.3) is 5.56 Å². The van der Waals surface area contributed by atoms with Crippen molar-refractivity contribution in [2.45, 2.75) is 49.7 Å². The zero-order valence-corrected chi connectivity index (χ0v) is 21.3. The number of anilines is 2. The fraction of sp³-hybridized carbons (Fsp3) is 0.526. The molecule has 38 heavy (non-hydrogen) atoms. The number of H-pyrrole nitrogens is 1. The van der Waals surface area contributed by atoms with E-state index in [0.29, 0.717) is 0 Å². The summed E-state index contributed by atoms with van der Waals surface area (Å²) in [6, 6.07) is 1.42. The zero-order chi connectivity index (χ0) is 27.2. The van der Waals surface area contributed by atoms with Gasteiger partial charge in [0, 0.05) is 19.0 Å². The van der Waals surface area contributed by atoms with Crippen LogP contribution in [0.5, 0.6) is 0 Å². The van der Waals surface area contributed by atoms with E-state index in [0.717, 1.165) is 0 Å². The van der Waals surface area contributed by atoms with Gasteiger partial charge in [-0.2, -0.15) is 9.97 Å². The molecule has 0 aromatic carbocycles. The Morgan fingerprint density at radius 3 is 2.66 bits per heavy atom. The first-order valence-corrected chi connectivity index (χ1v) is 14.0. The van der Waals surface area contributed by atoms with Crippen LogP contribution in [0.4, 0.5) is 11.8 Å². The molecular formula is C19H25N8O9PS. The molecule has 0 amide bonds. The van der Waals surface area contributed by atoms with E-state index in [9.17, 15) is 24.7 Å². The lowest BCUT2D eigenvalue weighted by molar-refractivity contribution is -0.0519. The highest BCUT2D eigenvalue weighted by molar-refractivity contribution is 8.07. The first kappa shape index (κ1) is 26.8. The maximum atomic E-state index is 12.1. The largest absolute Gasteiger partial charge is 0.394 e. The highest BCUT2D eigenvalue weighted by Crippen LogP contribution is 2.49. The van der Waals surface area contributed by atoms with Gasteiger partial charge >= 0.3 is 12.4 Å². The van der Waals surface area contributed by atoms with E-state index < -0.39 is 61.4 Å². The summed E-state index contributed by atoms with van der Waals surface area (Å²) in [6.07, 6.45) is -2.40. The van der Waals surface area contributed by atoms with Gasteiger partial charge in [-0.1, -0.05) is 0 Å². The summed E-state index contributed by atoms with van der Waals surface area (Å²) in [7, 11) is 0. The second-order valence-corrected chi connectivity index (χ2v) is 11.5. The monoisotopic (exact) mass is 572 g/mol. The second-order valence-electron chi connectivity index (χ2n) is 8.71. The summed E-state index contributed by atoms with van der Waals surface area (Å²) in [6.45, 7) is -4.70. The van der Waals surface area contributed by atoms with Gasteiger partial charge in [-0.05, 0) is 17.9 Å². The minimum absolute atomic E-state index is 0.0452. The number of aromatic nitrogens is 6. The fourth-order valence-electron chi connectivity index (χ4n) is 4.35. The maximum absolute atomic E-state index is 12.1. The Morgan fingerprint density at radius 2 is 1.92 bits per heavy atom. The summed E-state index contributed by atoms with van der Waals surface area (Å²) in [5, 5.41) is 20.2. The van der Waals surface area contributed by atoms with Gasteiger partial charge in [-0.15, -0.1) is 0 Å². The first-order valence-electron chi connectivity index (χ1n) is 11.4. The Bertz CT molecular complexity index is 1500. The normalized spacial score (nSPS) is 29.1. The molecule has 2 fully saturated rings. The van der Waals surface area contributed by atoms with Crippen LogP contribution in [0.15, 0.2) is 28.2 Å². The van der Waals surface area contributed by atoms with E-state index in [1.54, 1.807) is 0 Å². The van der Waals surface area contributed by atoms with Crippen LogP contribution in [-0.4, -0.2) is 81.8 Å². The zero-order valence-electron chi connectivity index (χ0n) is 19.6. The molecule has 0 aliphatic carbocycles. The van der Waals surface area contributed by atoms with Gasteiger partial charge in [0.05, 0.1) is 31.7 Å². The maximum Gasteiger partial charge on any atom is 0.351 e. The summed E-state index contributed by atoms with van der Waals surface area (Å²) < 4.78 is 25.2. The van der Waals surface area contributed by atoms with Crippen LogP contribution < -0.4 is 22.7 Å². The van der Waals surface area contributed by atoms with Crippen molar-refractivity contribution in [1.82, 2.24) is 29.1 Å². The Morgan fingerprint density at radius 1 is 1.18 bits per heavy atom. The Labute approximate surface area is 218 Å². The minimum Gasteiger partial charge on any atom is -0.394 e. The van der Waals surface area contributed by atoms with Crippen LogP contribution >= 0.6 is 6.72 Å². The molecule has 5 heterocycles. The molecule has 0 radical (unpaired) electrons. The molecule has 206 valence electrons. The standard InChI is InChI=1S/C19H25N8O9PS/c20-12-1-2-26(19(31)23-12)14-4-9(10(5-28)34-14)36-37(32,38)33-6-11-8(29)3-13(35-11)27-7-22-15-16(27)24-18(21)25-17(15)30/h1-2,7-11,13-14,28-29H,3-6H2,(H,32,38)(H2,20,23,31)(H3,21,24,25,30)/t8?,9?,10-,11-,13-,14-,37?/m1/s1. The van der Waals surface area contributed by atoms with E-state index in [-0.39, 0.29) is 42.4 Å². The molecule has 3 aromatic rings. The second kappa shape index (κ2) is 10.4. The third-order valence-electron chi connectivity index (χ3n) is 6.16. The number of rotatable bonds is 8. The smallest absolute Gasteiger partial charge is 0.351 e. The van der Waals surface area contributed by atoms with Gasteiger partial charge in [-0.3, -0.25) is 18.9 Å². The van der Waals surface area contributed by atoms with E-state index in [2.05, 4.69) is 19.9 Å². The van der Waals surface area contributed by atoms with Crippen molar-refractivity contribution >= 4 is 41.5 Å². The molecular weight excluding hydrogens is 547 g/mol. The van der Waals surface area contributed by atoms with Crippen molar-refractivity contribution in [3.05, 3.63) is 39.4 Å². The highest BCUT2D eigenvalue weighted by Gasteiger charge is 2.42. The molecule has 8 N–H and O–H groups in total. The lowest BCUT2D eigenvalue weighted by Crippen LogP contribution is -2.29. The topological polar surface area (TPSA) is 248 Å².